The van der Waals surface area contributed by atoms with Crippen molar-refractivity contribution in [1.29, 1.82) is 0 Å². The lowest BCUT2D eigenvalue weighted by molar-refractivity contribution is -0.140. The van der Waals surface area contributed by atoms with Crippen LogP contribution in [0.3, 0.4) is 0 Å². The predicted molar refractivity (Wildman–Crippen MR) is 61.4 cm³/mol. The van der Waals surface area contributed by atoms with Crippen molar-refractivity contribution in [2.45, 2.75) is 6.42 Å². The largest absolute Gasteiger partial charge is 0.480 e. The van der Waals surface area contributed by atoms with Crippen molar-refractivity contribution in [3.8, 4) is 5.88 Å². The highest BCUT2D eigenvalue weighted by Crippen LogP contribution is 2.21. The van der Waals surface area contributed by atoms with Gasteiger partial charge in [-0.2, -0.15) is 4.98 Å². The van der Waals surface area contributed by atoms with Gasteiger partial charge in [0.2, 0.25) is 11.8 Å². The van der Waals surface area contributed by atoms with E-state index in [2.05, 4.69) is 36.0 Å². The average molecular weight is 290 g/mol. The van der Waals surface area contributed by atoms with Gasteiger partial charge in [0.25, 0.3) is 0 Å². The number of rotatable bonds is 5. The maximum Gasteiger partial charge on any atom is 0.307 e. The summed E-state index contributed by atoms with van der Waals surface area (Å²) in [4.78, 5) is 18.9. The Morgan fingerprint density at radius 1 is 1.56 bits per heavy atom. The van der Waals surface area contributed by atoms with E-state index in [-0.39, 0.29) is 12.4 Å². The van der Waals surface area contributed by atoms with Gasteiger partial charge in [-0.1, -0.05) is 0 Å². The number of methoxy groups -OCH3 is 2. The molecule has 0 saturated carbocycles. The standard InChI is InChI=1S/C9H12BrN3O3/c1-15-7(14)3-4-11-9-12-5-6(10)8(13-9)16-2/h5H,3-4H2,1-2H3,(H,11,12,13). The van der Waals surface area contributed by atoms with Crippen LogP contribution in [0.25, 0.3) is 0 Å². The van der Waals surface area contributed by atoms with Gasteiger partial charge in [-0.3, -0.25) is 4.79 Å². The summed E-state index contributed by atoms with van der Waals surface area (Å²) in [5, 5.41) is 2.89. The first-order valence-corrected chi connectivity index (χ1v) is 5.34. The van der Waals surface area contributed by atoms with Crippen LogP contribution in [0, 0.1) is 0 Å². The van der Waals surface area contributed by atoms with Crippen LogP contribution in [0.1, 0.15) is 6.42 Å². The smallest absolute Gasteiger partial charge is 0.307 e. The molecule has 1 N–H and O–H groups in total. The first-order chi connectivity index (χ1) is 7.67. The van der Waals surface area contributed by atoms with Gasteiger partial charge in [0.05, 0.1) is 31.3 Å². The van der Waals surface area contributed by atoms with Crippen LogP contribution in [-0.4, -0.2) is 36.7 Å². The number of esters is 1. The SMILES string of the molecule is COC(=O)CCNc1ncc(Br)c(OC)n1. The fourth-order valence-corrected chi connectivity index (χ4v) is 1.31. The minimum Gasteiger partial charge on any atom is -0.480 e. The molecular formula is C9H12BrN3O3. The molecule has 16 heavy (non-hydrogen) atoms. The molecule has 6 nitrogen and oxygen atoms in total. The number of hydrogen-bond acceptors (Lipinski definition) is 6. The van der Waals surface area contributed by atoms with Gasteiger partial charge < -0.3 is 14.8 Å². The molecule has 1 aromatic rings. The summed E-state index contributed by atoms with van der Waals surface area (Å²) in [6, 6.07) is 0. The molecule has 0 aromatic carbocycles. The minimum absolute atomic E-state index is 0.262. The molecule has 0 aliphatic rings. The lowest BCUT2D eigenvalue weighted by atomic mass is 10.4. The third kappa shape index (κ3) is 3.65. The maximum absolute atomic E-state index is 10.8. The lowest BCUT2D eigenvalue weighted by Gasteiger charge is -2.06. The van der Waals surface area contributed by atoms with E-state index in [4.69, 9.17) is 4.74 Å². The molecule has 0 bridgehead atoms. The Kier molecular flexibility index (Phi) is 4.97. The van der Waals surface area contributed by atoms with E-state index in [1.807, 2.05) is 0 Å². The average Bonchev–Trinajstić information content (AvgIpc) is 2.31. The highest BCUT2D eigenvalue weighted by molar-refractivity contribution is 9.10. The molecule has 0 aliphatic heterocycles. The monoisotopic (exact) mass is 289 g/mol. The van der Waals surface area contributed by atoms with Crippen molar-refractivity contribution in [2.24, 2.45) is 0 Å². The number of nitrogens with zero attached hydrogens (tertiary/aromatic N) is 2. The second-order valence-corrected chi connectivity index (χ2v) is 3.66. The molecule has 0 aliphatic carbocycles. The van der Waals surface area contributed by atoms with Crippen LogP contribution in [0.2, 0.25) is 0 Å². The highest BCUT2D eigenvalue weighted by atomic mass is 79.9. The van der Waals surface area contributed by atoms with E-state index in [1.54, 1.807) is 6.20 Å². The van der Waals surface area contributed by atoms with Crippen molar-refractivity contribution in [3.05, 3.63) is 10.7 Å². The normalized spacial score (nSPS) is 9.69. The molecule has 1 aromatic heterocycles. The Morgan fingerprint density at radius 2 is 2.31 bits per heavy atom. The van der Waals surface area contributed by atoms with Gasteiger partial charge in [-0.05, 0) is 15.9 Å². The number of ether oxygens (including phenoxy) is 2. The van der Waals surface area contributed by atoms with E-state index < -0.39 is 0 Å². The fourth-order valence-electron chi connectivity index (χ4n) is 0.958. The zero-order chi connectivity index (χ0) is 12.0. The fraction of sp³-hybridized carbons (Fsp3) is 0.444. The topological polar surface area (TPSA) is 73.3 Å². The third-order valence-electron chi connectivity index (χ3n) is 1.75. The minimum atomic E-state index is -0.281. The number of anilines is 1. The van der Waals surface area contributed by atoms with Crippen LogP contribution in [0.4, 0.5) is 5.95 Å². The molecule has 1 rings (SSSR count). The molecule has 0 fully saturated rings. The Bertz CT molecular complexity index is 373. The first kappa shape index (κ1) is 12.7. The van der Waals surface area contributed by atoms with Crippen LogP contribution >= 0.6 is 15.9 Å². The van der Waals surface area contributed by atoms with E-state index in [9.17, 15) is 4.79 Å². The van der Waals surface area contributed by atoms with Gasteiger partial charge >= 0.3 is 5.97 Å². The van der Waals surface area contributed by atoms with Crippen molar-refractivity contribution >= 4 is 27.8 Å². The predicted octanol–water partition coefficient (Wildman–Crippen LogP) is 1.22. The summed E-state index contributed by atoms with van der Waals surface area (Å²) >= 11 is 3.24. The Hall–Kier alpha value is -1.37. The van der Waals surface area contributed by atoms with E-state index >= 15 is 0 Å². The Labute approximate surface area is 102 Å². The summed E-state index contributed by atoms with van der Waals surface area (Å²) < 4.78 is 10.2. The van der Waals surface area contributed by atoms with Gasteiger partial charge in [-0.25, -0.2) is 4.98 Å². The zero-order valence-corrected chi connectivity index (χ0v) is 10.6. The van der Waals surface area contributed by atoms with E-state index in [1.165, 1.54) is 14.2 Å². The Balaban J connectivity index is 2.51. The van der Waals surface area contributed by atoms with Crippen molar-refractivity contribution in [2.75, 3.05) is 26.1 Å². The third-order valence-corrected chi connectivity index (χ3v) is 2.29. The quantitative estimate of drug-likeness (QED) is 0.822. The second-order valence-electron chi connectivity index (χ2n) is 2.80. The number of nitrogens with one attached hydrogen (secondary N) is 1. The van der Waals surface area contributed by atoms with Crippen LogP contribution in [0.15, 0.2) is 10.7 Å². The molecule has 0 unspecified atom stereocenters. The second kappa shape index (κ2) is 6.26. The number of aromatic nitrogens is 2. The molecule has 0 amide bonds. The van der Waals surface area contributed by atoms with Crippen LogP contribution in [-0.2, 0) is 9.53 Å². The molecule has 1 heterocycles. The van der Waals surface area contributed by atoms with Crippen molar-refractivity contribution < 1.29 is 14.3 Å². The summed E-state index contributed by atoms with van der Waals surface area (Å²) in [5.74, 6) is 0.566. The van der Waals surface area contributed by atoms with Crippen LogP contribution < -0.4 is 10.1 Å². The van der Waals surface area contributed by atoms with Gasteiger partial charge in [0.1, 0.15) is 0 Å². The molecule has 88 valence electrons. The van der Waals surface area contributed by atoms with Gasteiger partial charge in [-0.15, -0.1) is 0 Å². The van der Waals surface area contributed by atoms with Crippen molar-refractivity contribution in [1.82, 2.24) is 9.97 Å². The number of carbonyl (C=O) groups excluding carboxylic acids is 1. The summed E-state index contributed by atoms with van der Waals surface area (Å²) in [6.45, 7) is 0.414. The summed E-state index contributed by atoms with van der Waals surface area (Å²) in [6.07, 6.45) is 1.84. The Morgan fingerprint density at radius 3 is 2.94 bits per heavy atom. The molecule has 7 heteroatoms. The lowest BCUT2D eigenvalue weighted by Crippen LogP contribution is -2.11. The number of carbonyl (C=O) groups is 1. The van der Waals surface area contributed by atoms with Gasteiger partial charge in [0, 0.05) is 6.54 Å². The van der Waals surface area contributed by atoms with E-state index in [0.29, 0.717) is 22.8 Å². The number of halogens is 1. The first-order valence-electron chi connectivity index (χ1n) is 4.54. The van der Waals surface area contributed by atoms with Crippen LogP contribution in [0.5, 0.6) is 5.88 Å². The maximum atomic E-state index is 10.8. The summed E-state index contributed by atoms with van der Waals surface area (Å²) in [7, 11) is 2.87. The zero-order valence-electron chi connectivity index (χ0n) is 8.99. The molecule has 0 atom stereocenters. The number of hydrogen-bond donors (Lipinski definition) is 1. The van der Waals surface area contributed by atoms with Gasteiger partial charge in [0.15, 0.2) is 0 Å². The van der Waals surface area contributed by atoms with E-state index in [0.717, 1.165) is 0 Å². The molecule has 0 saturated heterocycles. The van der Waals surface area contributed by atoms with Crippen molar-refractivity contribution in [3.63, 3.8) is 0 Å². The molecule has 0 radical (unpaired) electrons. The highest BCUT2D eigenvalue weighted by Gasteiger charge is 2.05. The molecular weight excluding hydrogens is 278 g/mol. The summed E-state index contributed by atoms with van der Waals surface area (Å²) in [5.41, 5.74) is 0. The molecule has 0 spiro atoms.